The van der Waals surface area contributed by atoms with Crippen LogP contribution in [0.25, 0.3) is 11.1 Å². The summed E-state index contributed by atoms with van der Waals surface area (Å²) < 4.78 is 0. The zero-order chi connectivity index (χ0) is 17.9. The normalized spacial score (nSPS) is 19.7. The first-order valence-electron chi connectivity index (χ1n) is 10.0. The highest BCUT2D eigenvalue weighted by atomic mass is 16.2. The van der Waals surface area contributed by atoms with E-state index >= 15 is 0 Å². The highest BCUT2D eigenvalue weighted by Gasteiger charge is 2.21. The number of nitrogens with zero attached hydrogens (tertiary/aromatic N) is 2. The van der Waals surface area contributed by atoms with E-state index in [2.05, 4.69) is 41.1 Å². The van der Waals surface area contributed by atoms with Gasteiger partial charge in [-0.15, -0.1) is 0 Å². The van der Waals surface area contributed by atoms with Gasteiger partial charge >= 0.3 is 0 Å². The number of likely N-dealkylation sites (tertiary alicyclic amines) is 2. The Morgan fingerprint density at radius 3 is 2.27 bits per heavy atom. The number of nitrogens with one attached hydrogen (secondary N) is 1. The van der Waals surface area contributed by atoms with Crippen LogP contribution in [0.2, 0.25) is 0 Å². The molecule has 0 radical (unpaired) electrons. The number of aromatic amines is 1. The third kappa shape index (κ3) is 3.56. The molecule has 2 fully saturated rings. The van der Waals surface area contributed by atoms with E-state index in [-0.39, 0.29) is 5.91 Å². The summed E-state index contributed by atoms with van der Waals surface area (Å²) >= 11 is 0. The molecule has 2 aliphatic rings. The Morgan fingerprint density at radius 2 is 1.58 bits per heavy atom. The topological polar surface area (TPSA) is 39.3 Å². The summed E-state index contributed by atoms with van der Waals surface area (Å²) in [5, 5.41) is 0. The molecule has 138 valence electrons. The molecule has 0 saturated carbocycles. The van der Waals surface area contributed by atoms with Gasteiger partial charge in [0, 0.05) is 25.3 Å². The Bertz CT molecular complexity index is 737. The van der Waals surface area contributed by atoms with Crippen LogP contribution < -0.4 is 0 Å². The predicted octanol–water partition coefficient (Wildman–Crippen LogP) is 4.46. The first-order valence-corrected chi connectivity index (χ1v) is 10.0. The van der Waals surface area contributed by atoms with Crippen molar-refractivity contribution in [2.24, 2.45) is 0 Å². The fourth-order valence-corrected chi connectivity index (χ4v) is 4.25. The van der Waals surface area contributed by atoms with Gasteiger partial charge in [-0.05, 0) is 74.9 Å². The van der Waals surface area contributed by atoms with Crippen molar-refractivity contribution in [2.45, 2.75) is 45.1 Å². The predicted molar refractivity (Wildman–Crippen MR) is 105 cm³/mol. The van der Waals surface area contributed by atoms with E-state index in [1.54, 1.807) is 0 Å². The van der Waals surface area contributed by atoms with Gasteiger partial charge in [-0.2, -0.15) is 0 Å². The summed E-state index contributed by atoms with van der Waals surface area (Å²) in [5.74, 6) is 0.134. The number of carbonyl (C=O) groups excluding carboxylic acids is 1. The van der Waals surface area contributed by atoms with Crippen LogP contribution in [0.1, 0.15) is 61.1 Å². The van der Waals surface area contributed by atoms with Crippen molar-refractivity contribution in [3.8, 4) is 11.1 Å². The first kappa shape index (κ1) is 17.3. The molecule has 2 aromatic rings. The molecule has 0 aliphatic carbocycles. The van der Waals surface area contributed by atoms with Crippen molar-refractivity contribution >= 4 is 5.91 Å². The lowest BCUT2D eigenvalue weighted by atomic mass is 10.0. The number of piperidine rings is 1. The van der Waals surface area contributed by atoms with Gasteiger partial charge in [-0.25, -0.2) is 0 Å². The van der Waals surface area contributed by atoms with Crippen LogP contribution in [0.5, 0.6) is 0 Å². The van der Waals surface area contributed by atoms with Crippen LogP contribution >= 0.6 is 0 Å². The molecule has 1 N–H and O–H groups in total. The number of hydrogen-bond acceptors (Lipinski definition) is 2. The van der Waals surface area contributed by atoms with Crippen LogP contribution in [0.15, 0.2) is 36.5 Å². The van der Waals surface area contributed by atoms with Crippen LogP contribution in [0.3, 0.4) is 0 Å². The largest absolute Gasteiger partial charge is 0.357 e. The molecule has 1 atom stereocenters. The standard InChI is InChI=1S/C22H29N3O/c1-17(24-11-5-6-12-24)18-7-9-19(10-8-18)20-15-21(23-16-20)22(26)25-13-3-2-4-14-25/h7-10,15-17,23H,2-6,11-14H2,1H3/t17-/m1/s1. The second-order valence-corrected chi connectivity index (χ2v) is 7.70. The third-order valence-electron chi connectivity index (χ3n) is 5.97. The smallest absolute Gasteiger partial charge is 0.270 e. The van der Waals surface area contributed by atoms with Crippen molar-refractivity contribution in [1.29, 1.82) is 0 Å². The van der Waals surface area contributed by atoms with E-state index < -0.39 is 0 Å². The number of H-pyrrole nitrogens is 1. The van der Waals surface area contributed by atoms with Gasteiger partial charge in [-0.1, -0.05) is 24.3 Å². The van der Waals surface area contributed by atoms with Gasteiger partial charge in [-0.3, -0.25) is 9.69 Å². The number of amides is 1. The first-order chi connectivity index (χ1) is 12.7. The molecule has 0 unspecified atom stereocenters. The lowest BCUT2D eigenvalue weighted by Crippen LogP contribution is -2.35. The van der Waals surface area contributed by atoms with Crippen molar-refractivity contribution in [1.82, 2.24) is 14.8 Å². The average molecular weight is 351 g/mol. The average Bonchev–Trinajstić information content (AvgIpc) is 3.40. The summed E-state index contributed by atoms with van der Waals surface area (Å²) in [7, 11) is 0. The van der Waals surface area contributed by atoms with E-state index in [4.69, 9.17) is 0 Å². The van der Waals surface area contributed by atoms with Crippen molar-refractivity contribution in [2.75, 3.05) is 26.2 Å². The van der Waals surface area contributed by atoms with Crippen molar-refractivity contribution in [3.05, 3.63) is 47.8 Å². The zero-order valence-corrected chi connectivity index (χ0v) is 15.7. The number of benzene rings is 1. The van der Waals surface area contributed by atoms with Crippen LogP contribution in [0.4, 0.5) is 0 Å². The number of carbonyl (C=O) groups is 1. The molecule has 0 spiro atoms. The lowest BCUT2D eigenvalue weighted by molar-refractivity contribution is 0.0719. The zero-order valence-electron chi connectivity index (χ0n) is 15.7. The molecule has 26 heavy (non-hydrogen) atoms. The minimum Gasteiger partial charge on any atom is -0.357 e. The van der Waals surface area contributed by atoms with Crippen LogP contribution in [-0.2, 0) is 0 Å². The maximum Gasteiger partial charge on any atom is 0.270 e. The van der Waals surface area contributed by atoms with Gasteiger partial charge < -0.3 is 9.88 Å². The minimum absolute atomic E-state index is 0.134. The molecule has 0 bridgehead atoms. The van der Waals surface area contributed by atoms with Gasteiger partial charge in [0.25, 0.3) is 5.91 Å². The van der Waals surface area contributed by atoms with Crippen molar-refractivity contribution in [3.63, 3.8) is 0 Å². The van der Waals surface area contributed by atoms with Crippen LogP contribution in [-0.4, -0.2) is 46.9 Å². The molecule has 1 aromatic carbocycles. The summed E-state index contributed by atoms with van der Waals surface area (Å²) in [4.78, 5) is 20.3. The number of aromatic nitrogens is 1. The van der Waals surface area contributed by atoms with Gasteiger partial charge in [0.2, 0.25) is 0 Å². The van der Waals surface area contributed by atoms with E-state index in [9.17, 15) is 4.79 Å². The van der Waals surface area contributed by atoms with Gasteiger partial charge in [0.05, 0.1) is 0 Å². The molecule has 3 heterocycles. The monoisotopic (exact) mass is 351 g/mol. The Balaban J connectivity index is 1.46. The molecular weight excluding hydrogens is 322 g/mol. The summed E-state index contributed by atoms with van der Waals surface area (Å²) in [6.07, 6.45) is 8.07. The summed E-state index contributed by atoms with van der Waals surface area (Å²) in [6, 6.07) is 11.3. The lowest BCUT2D eigenvalue weighted by Gasteiger charge is -2.26. The fraction of sp³-hybridized carbons (Fsp3) is 0.500. The minimum atomic E-state index is 0.134. The summed E-state index contributed by atoms with van der Waals surface area (Å²) in [6.45, 7) is 6.49. The maximum absolute atomic E-state index is 12.6. The molecule has 4 nitrogen and oxygen atoms in total. The Morgan fingerprint density at radius 1 is 0.923 bits per heavy atom. The fourth-order valence-electron chi connectivity index (χ4n) is 4.25. The molecule has 1 amide bonds. The molecule has 4 rings (SSSR count). The highest BCUT2D eigenvalue weighted by Crippen LogP contribution is 2.27. The second kappa shape index (κ2) is 7.67. The molecular formula is C22H29N3O. The van der Waals surface area contributed by atoms with Gasteiger partial charge in [0.15, 0.2) is 0 Å². The van der Waals surface area contributed by atoms with Crippen LogP contribution in [0, 0.1) is 0 Å². The second-order valence-electron chi connectivity index (χ2n) is 7.70. The van der Waals surface area contributed by atoms with E-state index in [1.165, 1.54) is 37.9 Å². The van der Waals surface area contributed by atoms with E-state index in [1.807, 2.05) is 17.2 Å². The highest BCUT2D eigenvalue weighted by molar-refractivity contribution is 5.94. The van der Waals surface area contributed by atoms with Gasteiger partial charge in [0.1, 0.15) is 5.69 Å². The number of rotatable bonds is 4. The Kier molecular flexibility index (Phi) is 5.11. The van der Waals surface area contributed by atoms with E-state index in [0.717, 1.165) is 37.1 Å². The SMILES string of the molecule is C[C@H](c1ccc(-c2c[nH]c(C(=O)N3CCCCC3)c2)cc1)N1CCCC1. The summed E-state index contributed by atoms with van der Waals surface area (Å²) in [5.41, 5.74) is 4.33. The molecule has 2 aliphatic heterocycles. The quantitative estimate of drug-likeness (QED) is 0.883. The van der Waals surface area contributed by atoms with Crippen molar-refractivity contribution < 1.29 is 4.79 Å². The molecule has 1 aromatic heterocycles. The maximum atomic E-state index is 12.6. The Labute approximate surface area is 156 Å². The molecule has 2 saturated heterocycles. The van der Waals surface area contributed by atoms with E-state index in [0.29, 0.717) is 11.7 Å². The molecule has 4 heteroatoms. The Hall–Kier alpha value is -2.07. The number of hydrogen-bond donors (Lipinski definition) is 1. The third-order valence-corrected chi connectivity index (χ3v) is 5.97.